The van der Waals surface area contributed by atoms with Gasteiger partial charge in [0.2, 0.25) is 0 Å². The van der Waals surface area contributed by atoms with Crippen molar-refractivity contribution < 1.29 is 14.3 Å². The molecule has 0 spiro atoms. The molecule has 1 aliphatic heterocycles. The predicted molar refractivity (Wildman–Crippen MR) is 121 cm³/mol. The van der Waals surface area contributed by atoms with Crippen molar-refractivity contribution in [2.45, 2.75) is 39.8 Å². The number of nitrogens with zero attached hydrogens (tertiary/aromatic N) is 2. The van der Waals surface area contributed by atoms with Crippen molar-refractivity contribution in [2.24, 2.45) is 5.92 Å². The van der Waals surface area contributed by atoms with Crippen LogP contribution in [0.3, 0.4) is 0 Å². The molecule has 0 radical (unpaired) electrons. The second kappa shape index (κ2) is 8.84. The molecule has 1 unspecified atom stereocenters. The number of carbonyl (C=O) groups excluding carboxylic acids is 1. The summed E-state index contributed by atoms with van der Waals surface area (Å²) in [5.74, 6) is 1.85. The number of carbonyl (C=O) groups is 1. The highest BCUT2D eigenvalue weighted by Crippen LogP contribution is 2.33. The lowest BCUT2D eigenvalue weighted by molar-refractivity contribution is 0.0934. The molecule has 0 fully saturated rings. The Bertz CT molecular complexity index is 1060. The molecular weight excluding hydrogens is 390 g/mol. The highest BCUT2D eigenvalue weighted by atomic mass is 16.5. The number of fused-ring (bicyclic) bond motifs is 1. The van der Waals surface area contributed by atoms with Gasteiger partial charge < -0.3 is 14.8 Å². The molecular formula is C25H29N3O3. The molecule has 0 saturated heterocycles. The molecule has 3 aromatic rings. The van der Waals surface area contributed by atoms with Crippen molar-refractivity contribution in [3.63, 3.8) is 0 Å². The zero-order chi connectivity index (χ0) is 22.0. The van der Waals surface area contributed by atoms with Gasteiger partial charge in [-0.3, -0.25) is 9.48 Å². The van der Waals surface area contributed by atoms with Crippen LogP contribution in [0.1, 0.15) is 35.3 Å². The third kappa shape index (κ3) is 4.58. The summed E-state index contributed by atoms with van der Waals surface area (Å²) in [7, 11) is 1.63. The Kier molecular flexibility index (Phi) is 5.98. The predicted octanol–water partition coefficient (Wildman–Crippen LogP) is 4.26. The molecule has 0 aliphatic carbocycles. The number of benzene rings is 2. The Labute approximate surface area is 183 Å². The third-order valence-corrected chi connectivity index (χ3v) is 5.37. The standard InChI is InChI=1S/C25H29N3O3/c1-16(2)14-28-15-21(24(27-28)20-11-17(3)9-10-23(20)30-4)25(29)26-13-19-12-18-7-5-6-8-22(18)31-19/h5-11,15-16,19H,12-14H2,1-4H3,(H,26,29). The van der Waals surface area contributed by atoms with Gasteiger partial charge in [0.25, 0.3) is 5.91 Å². The number of aromatic nitrogens is 2. The van der Waals surface area contributed by atoms with Gasteiger partial charge in [-0.15, -0.1) is 0 Å². The minimum atomic E-state index is -0.159. The molecule has 0 saturated carbocycles. The first-order valence-corrected chi connectivity index (χ1v) is 10.7. The van der Waals surface area contributed by atoms with Crippen molar-refractivity contribution in [1.82, 2.24) is 15.1 Å². The van der Waals surface area contributed by atoms with E-state index in [0.29, 0.717) is 29.5 Å². The number of amides is 1. The number of aryl methyl sites for hydroxylation is 1. The Balaban J connectivity index is 1.57. The summed E-state index contributed by atoms with van der Waals surface area (Å²) in [6.45, 7) is 7.44. The molecule has 0 bridgehead atoms. The fraction of sp³-hybridized carbons (Fsp3) is 0.360. The summed E-state index contributed by atoms with van der Waals surface area (Å²) in [5.41, 5.74) is 4.25. The van der Waals surface area contributed by atoms with E-state index in [1.807, 2.05) is 54.2 Å². The average molecular weight is 420 g/mol. The van der Waals surface area contributed by atoms with E-state index in [1.165, 1.54) is 5.56 Å². The quantitative estimate of drug-likeness (QED) is 0.622. The second-order valence-corrected chi connectivity index (χ2v) is 8.47. The van der Waals surface area contributed by atoms with Gasteiger partial charge >= 0.3 is 0 Å². The second-order valence-electron chi connectivity index (χ2n) is 8.47. The van der Waals surface area contributed by atoms with E-state index >= 15 is 0 Å². The zero-order valence-corrected chi connectivity index (χ0v) is 18.5. The van der Waals surface area contributed by atoms with Crippen molar-refractivity contribution in [3.8, 4) is 22.8 Å². The maximum Gasteiger partial charge on any atom is 0.255 e. The number of nitrogens with one attached hydrogen (secondary N) is 1. The Morgan fingerprint density at radius 3 is 2.84 bits per heavy atom. The van der Waals surface area contributed by atoms with Crippen LogP contribution in [0.25, 0.3) is 11.3 Å². The molecule has 1 amide bonds. The first-order chi connectivity index (χ1) is 14.9. The van der Waals surface area contributed by atoms with E-state index in [1.54, 1.807) is 7.11 Å². The largest absolute Gasteiger partial charge is 0.496 e. The Morgan fingerprint density at radius 1 is 1.29 bits per heavy atom. The number of methoxy groups -OCH3 is 1. The molecule has 31 heavy (non-hydrogen) atoms. The first kappa shape index (κ1) is 21.0. The SMILES string of the molecule is COc1ccc(C)cc1-c1nn(CC(C)C)cc1C(=O)NCC1Cc2ccccc2O1. The van der Waals surface area contributed by atoms with Crippen LogP contribution >= 0.6 is 0 Å². The number of rotatable bonds is 7. The van der Waals surface area contributed by atoms with E-state index in [4.69, 9.17) is 14.6 Å². The van der Waals surface area contributed by atoms with E-state index in [-0.39, 0.29) is 12.0 Å². The number of ether oxygens (including phenoxy) is 2. The van der Waals surface area contributed by atoms with Crippen LogP contribution in [0, 0.1) is 12.8 Å². The summed E-state index contributed by atoms with van der Waals surface area (Å²) in [5, 5.41) is 7.79. The maximum absolute atomic E-state index is 13.2. The lowest BCUT2D eigenvalue weighted by Gasteiger charge is -2.13. The van der Waals surface area contributed by atoms with E-state index < -0.39 is 0 Å². The highest BCUT2D eigenvalue weighted by Gasteiger charge is 2.25. The van der Waals surface area contributed by atoms with Gasteiger partial charge in [0.15, 0.2) is 0 Å². The lowest BCUT2D eigenvalue weighted by Crippen LogP contribution is -2.34. The van der Waals surface area contributed by atoms with Crippen LogP contribution < -0.4 is 14.8 Å². The molecule has 2 aromatic carbocycles. The monoisotopic (exact) mass is 419 g/mol. The summed E-state index contributed by atoms with van der Waals surface area (Å²) < 4.78 is 13.4. The van der Waals surface area contributed by atoms with Crippen molar-refractivity contribution >= 4 is 5.91 Å². The van der Waals surface area contributed by atoms with Crippen LogP contribution in [-0.4, -0.2) is 35.4 Å². The fourth-order valence-corrected chi connectivity index (χ4v) is 3.93. The first-order valence-electron chi connectivity index (χ1n) is 10.7. The van der Waals surface area contributed by atoms with Crippen LogP contribution in [0.5, 0.6) is 11.5 Å². The van der Waals surface area contributed by atoms with Crippen LogP contribution in [0.2, 0.25) is 0 Å². The van der Waals surface area contributed by atoms with Crippen molar-refractivity contribution in [1.29, 1.82) is 0 Å². The van der Waals surface area contributed by atoms with E-state index in [2.05, 4.69) is 25.2 Å². The minimum Gasteiger partial charge on any atom is -0.496 e. The van der Waals surface area contributed by atoms with Crippen LogP contribution in [-0.2, 0) is 13.0 Å². The molecule has 6 nitrogen and oxygen atoms in total. The van der Waals surface area contributed by atoms with Crippen LogP contribution in [0.15, 0.2) is 48.7 Å². The zero-order valence-electron chi connectivity index (χ0n) is 18.5. The van der Waals surface area contributed by atoms with Gasteiger partial charge in [-0.1, -0.05) is 43.7 Å². The Hall–Kier alpha value is -3.28. The van der Waals surface area contributed by atoms with Gasteiger partial charge in [0, 0.05) is 24.7 Å². The molecule has 1 atom stereocenters. The molecule has 4 rings (SSSR count). The lowest BCUT2D eigenvalue weighted by atomic mass is 10.0. The summed E-state index contributed by atoms with van der Waals surface area (Å²) in [6.07, 6.45) is 2.56. The Morgan fingerprint density at radius 2 is 2.10 bits per heavy atom. The topological polar surface area (TPSA) is 65.4 Å². The highest BCUT2D eigenvalue weighted by molar-refractivity contribution is 6.00. The number of hydrogen-bond donors (Lipinski definition) is 1. The van der Waals surface area contributed by atoms with Gasteiger partial charge in [0.1, 0.15) is 23.3 Å². The molecule has 1 N–H and O–H groups in total. The summed E-state index contributed by atoms with van der Waals surface area (Å²) in [4.78, 5) is 13.2. The molecule has 162 valence electrons. The van der Waals surface area contributed by atoms with E-state index in [0.717, 1.165) is 29.8 Å². The normalized spacial score (nSPS) is 14.9. The third-order valence-electron chi connectivity index (χ3n) is 5.37. The van der Waals surface area contributed by atoms with Gasteiger partial charge in [-0.05, 0) is 36.6 Å². The van der Waals surface area contributed by atoms with Crippen molar-refractivity contribution in [3.05, 3.63) is 65.4 Å². The average Bonchev–Trinajstić information content (AvgIpc) is 3.35. The van der Waals surface area contributed by atoms with Crippen molar-refractivity contribution in [2.75, 3.05) is 13.7 Å². The number of para-hydroxylation sites is 1. The molecule has 2 heterocycles. The maximum atomic E-state index is 13.2. The van der Waals surface area contributed by atoms with Crippen LogP contribution in [0.4, 0.5) is 0 Å². The smallest absolute Gasteiger partial charge is 0.255 e. The molecule has 1 aliphatic rings. The van der Waals surface area contributed by atoms with Gasteiger partial charge in [-0.2, -0.15) is 5.10 Å². The summed E-state index contributed by atoms with van der Waals surface area (Å²) in [6, 6.07) is 13.9. The molecule has 6 heteroatoms. The summed E-state index contributed by atoms with van der Waals surface area (Å²) >= 11 is 0. The van der Waals surface area contributed by atoms with Gasteiger partial charge in [-0.25, -0.2) is 0 Å². The molecule has 1 aromatic heterocycles. The van der Waals surface area contributed by atoms with Gasteiger partial charge in [0.05, 0.1) is 19.2 Å². The number of hydrogen-bond acceptors (Lipinski definition) is 4. The fourth-order valence-electron chi connectivity index (χ4n) is 3.93. The minimum absolute atomic E-state index is 0.0657. The van der Waals surface area contributed by atoms with E-state index in [9.17, 15) is 4.79 Å².